The number of carbonyl (C=O) groups excluding carboxylic acids is 1. The van der Waals surface area contributed by atoms with Gasteiger partial charge in [0.1, 0.15) is 5.82 Å². The molecule has 2 aromatic carbocycles. The highest BCUT2D eigenvalue weighted by molar-refractivity contribution is 6.31. The fourth-order valence-electron chi connectivity index (χ4n) is 3.38. The topological polar surface area (TPSA) is 56.5 Å². The minimum atomic E-state index is -0.616. The number of unbranched alkanes of at least 4 members (excludes halogenated alkanes) is 1. The maximum atomic E-state index is 12.3. The Morgan fingerprint density at radius 3 is 2.65 bits per heavy atom. The number of nitrogens with zero attached hydrogens (tertiary/aromatic N) is 3. The van der Waals surface area contributed by atoms with Crippen LogP contribution in [0.1, 0.15) is 42.4 Å². The van der Waals surface area contributed by atoms with Crippen LogP contribution in [0, 0.1) is 0 Å². The molecule has 0 radical (unpaired) electrons. The van der Waals surface area contributed by atoms with Gasteiger partial charge in [-0.15, -0.1) is 0 Å². The van der Waals surface area contributed by atoms with Crippen molar-refractivity contribution in [3.05, 3.63) is 88.5 Å². The third-order valence-electron chi connectivity index (χ3n) is 5.14. The predicted molar refractivity (Wildman–Crippen MR) is 125 cm³/mol. The van der Waals surface area contributed by atoms with Crippen LogP contribution in [0.2, 0.25) is 5.02 Å². The summed E-state index contributed by atoms with van der Waals surface area (Å²) in [6, 6.07) is 17.0. The van der Waals surface area contributed by atoms with E-state index >= 15 is 0 Å². The minimum Gasteiger partial charge on any atom is -0.467 e. The molecule has 0 saturated heterocycles. The van der Waals surface area contributed by atoms with Crippen LogP contribution in [0.15, 0.2) is 65.8 Å². The Hall–Kier alpha value is -2.92. The Morgan fingerprint density at radius 1 is 1.19 bits per heavy atom. The Bertz CT molecular complexity index is 1010. The summed E-state index contributed by atoms with van der Waals surface area (Å²) >= 11 is 6.40. The number of halogens is 1. The van der Waals surface area contributed by atoms with Gasteiger partial charge in [-0.05, 0) is 23.6 Å². The molecule has 1 unspecified atom stereocenters. The zero-order chi connectivity index (χ0) is 22.1. The van der Waals surface area contributed by atoms with Crippen LogP contribution in [0.4, 0.5) is 0 Å². The van der Waals surface area contributed by atoms with Crippen molar-refractivity contribution in [2.45, 2.75) is 45.2 Å². The molecule has 0 bridgehead atoms. The van der Waals surface area contributed by atoms with E-state index in [9.17, 15) is 4.79 Å². The molecule has 0 amide bonds. The van der Waals surface area contributed by atoms with Gasteiger partial charge in [0, 0.05) is 24.1 Å². The van der Waals surface area contributed by atoms with E-state index in [0.717, 1.165) is 46.9 Å². The number of imidazole rings is 1. The van der Waals surface area contributed by atoms with Crippen molar-refractivity contribution in [1.29, 1.82) is 0 Å². The zero-order valence-corrected chi connectivity index (χ0v) is 18.8. The first-order valence-corrected chi connectivity index (χ1v) is 10.9. The van der Waals surface area contributed by atoms with Crippen molar-refractivity contribution in [2.24, 2.45) is 4.99 Å². The van der Waals surface area contributed by atoms with Crippen molar-refractivity contribution >= 4 is 23.8 Å². The molecular formula is C25H28ClN3O2. The van der Waals surface area contributed by atoms with E-state index in [1.54, 1.807) is 6.21 Å². The monoisotopic (exact) mass is 437 g/mol. The molecule has 0 aliphatic rings. The second kappa shape index (κ2) is 11.5. The molecule has 0 aliphatic heterocycles. The normalized spacial score (nSPS) is 12.2. The van der Waals surface area contributed by atoms with Crippen LogP contribution in [0.25, 0.3) is 0 Å². The number of esters is 1. The van der Waals surface area contributed by atoms with E-state index in [4.69, 9.17) is 16.3 Å². The van der Waals surface area contributed by atoms with Gasteiger partial charge >= 0.3 is 5.97 Å². The van der Waals surface area contributed by atoms with Gasteiger partial charge < -0.3 is 9.30 Å². The summed E-state index contributed by atoms with van der Waals surface area (Å²) in [4.78, 5) is 21.5. The first kappa shape index (κ1) is 22.8. The largest absolute Gasteiger partial charge is 0.467 e. The van der Waals surface area contributed by atoms with Gasteiger partial charge in [-0.3, -0.25) is 4.99 Å². The zero-order valence-electron chi connectivity index (χ0n) is 18.0. The lowest BCUT2D eigenvalue weighted by Gasteiger charge is -2.13. The van der Waals surface area contributed by atoms with Crippen LogP contribution < -0.4 is 0 Å². The Labute approximate surface area is 188 Å². The van der Waals surface area contributed by atoms with Crippen LogP contribution in [0.3, 0.4) is 0 Å². The number of rotatable bonds is 10. The Balaban J connectivity index is 1.88. The summed E-state index contributed by atoms with van der Waals surface area (Å²) in [5.41, 5.74) is 2.89. The van der Waals surface area contributed by atoms with Crippen molar-refractivity contribution in [3.8, 4) is 0 Å². The summed E-state index contributed by atoms with van der Waals surface area (Å²) < 4.78 is 7.10. The van der Waals surface area contributed by atoms with Gasteiger partial charge in [-0.2, -0.15) is 0 Å². The van der Waals surface area contributed by atoms with Crippen LogP contribution >= 0.6 is 11.6 Å². The van der Waals surface area contributed by atoms with Crippen molar-refractivity contribution in [2.75, 3.05) is 7.11 Å². The molecule has 162 valence electrons. The standard InChI is InChI=1S/C25H28ClN3O2/c1-3-4-14-24-28-17-21(29(24)18-20-12-8-9-13-22(20)26)16-27-23(25(30)31-2)15-19-10-6-5-7-11-19/h5-13,16-17,23H,3-4,14-15,18H2,1-2H3. The number of aliphatic imine (C=N–C) groups is 1. The van der Waals surface area contributed by atoms with Gasteiger partial charge in [0.15, 0.2) is 6.04 Å². The molecule has 1 aromatic heterocycles. The highest BCUT2D eigenvalue weighted by Crippen LogP contribution is 2.19. The number of carbonyl (C=O) groups is 1. The van der Waals surface area contributed by atoms with Crippen molar-refractivity contribution in [3.63, 3.8) is 0 Å². The van der Waals surface area contributed by atoms with Crippen LogP contribution in [0.5, 0.6) is 0 Å². The van der Waals surface area contributed by atoms with Crippen molar-refractivity contribution in [1.82, 2.24) is 9.55 Å². The maximum Gasteiger partial charge on any atom is 0.330 e. The van der Waals surface area contributed by atoms with Crippen molar-refractivity contribution < 1.29 is 9.53 Å². The molecule has 31 heavy (non-hydrogen) atoms. The third kappa shape index (κ3) is 6.28. The van der Waals surface area contributed by atoms with E-state index in [1.807, 2.05) is 60.8 Å². The molecule has 0 spiro atoms. The number of hydrogen-bond donors (Lipinski definition) is 0. The number of ether oxygens (including phenoxy) is 1. The maximum absolute atomic E-state index is 12.3. The molecule has 0 fully saturated rings. The van der Waals surface area contributed by atoms with Gasteiger partial charge in [0.2, 0.25) is 0 Å². The smallest absolute Gasteiger partial charge is 0.330 e. The average Bonchev–Trinajstić information content (AvgIpc) is 3.18. The fraction of sp³-hybridized carbons (Fsp3) is 0.320. The lowest BCUT2D eigenvalue weighted by atomic mass is 10.1. The molecule has 5 nitrogen and oxygen atoms in total. The summed E-state index contributed by atoms with van der Waals surface area (Å²) in [6.45, 7) is 2.76. The van der Waals surface area contributed by atoms with Gasteiger partial charge in [0.05, 0.1) is 25.5 Å². The summed E-state index contributed by atoms with van der Waals surface area (Å²) in [6.07, 6.45) is 7.02. The first-order valence-electron chi connectivity index (χ1n) is 10.5. The lowest BCUT2D eigenvalue weighted by molar-refractivity contribution is -0.142. The predicted octanol–water partition coefficient (Wildman–Crippen LogP) is 5.13. The number of aromatic nitrogens is 2. The van der Waals surface area contributed by atoms with E-state index < -0.39 is 6.04 Å². The van der Waals surface area contributed by atoms with Crippen LogP contribution in [-0.4, -0.2) is 34.9 Å². The molecular weight excluding hydrogens is 410 g/mol. The number of benzene rings is 2. The summed E-state index contributed by atoms with van der Waals surface area (Å²) in [5.74, 6) is 0.629. The Morgan fingerprint density at radius 2 is 1.94 bits per heavy atom. The molecule has 1 atom stereocenters. The number of hydrogen-bond acceptors (Lipinski definition) is 4. The molecule has 3 rings (SSSR count). The fourth-order valence-corrected chi connectivity index (χ4v) is 3.58. The summed E-state index contributed by atoms with van der Waals surface area (Å²) in [7, 11) is 1.39. The molecule has 0 saturated carbocycles. The van der Waals surface area contributed by atoms with E-state index in [2.05, 4.69) is 21.5 Å². The molecule has 0 N–H and O–H groups in total. The first-order chi connectivity index (χ1) is 15.1. The molecule has 0 aliphatic carbocycles. The quantitative estimate of drug-likeness (QED) is 0.326. The highest BCUT2D eigenvalue weighted by atomic mass is 35.5. The summed E-state index contributed by atoms with van der Waals surface area (Å²) in [5, 5.41) is 0.719. The van der Waals surface area contributed by atoms with E-state index in [-0.39, 0.29) is 5.97 Å². The molecule has 3 aromatic rings. The number of methoxy groups -OCH3 is 1. The van der Waals surface area contributed by atoms with E-state index in [1.165, 1.54) is 7.11 Å². The average molecular weight is 438 g/mol. The minimum absolute atomic E-state index is 0.358. The van der Waals surface area contributed by atoms with E-state index in [0.29, 0.717) is 13.0 Å². The molecule has 6 heteroatoms. The number of aryl methyl sites for hydroxylation is 1. The highest BCUT2D eigenvalue weighted by Gasteiger charge is 2.19. The van der Waals surface area contributed by atoms with Gasteiger partial charge in [0.25, 0.3) is 0 Å². The lowest BCUT2D eigenvalue weighted by Crippen LogP contribution is -2.23. The van der Waals surface area contributed by atoms with Crippen LogP contribution in [-0.2, 0) is 28.9 Å². The third-order valence-corrected chi connectivity index (χ3v) is 5.51. The second-order valence-corrected chi connectivity index (χ2v) is 7.79. The van der Waals surface area contributed by atoms with Gasteiger partial charge in [-0.25, -0.2) is 9.78 Å². The molecule has 1 heterocycles. The Kier molecular flexibility index (Phi) is 8.42. The SMILES string of the molecule is CCCCc1ncc(C=NC(Cc2ccccc2)C(=O)OC)n1Cc1ccccc1Cl. The van der Waals surface area contributed by atoms with Gasteiger partial charge in [-0.1, -0.05) is 73.5 Å². The second-order valence-electron chi connectivity index (χ2n) is 7.39.